The summed E-state index contributed by atoms with van der Waals surface area (Å²) in [5.41, 5.74) is 4.12. The molecule has 0 radical (unpaired) electrons. The lowest BCUT2D eigenvalue weighted by Gasteiger charge is -2.06. The van der Waals surface area contributed by atoms with Gasteiger partial charge in [-0.3, -0.25) is 0 Å². The first kappa shape index (κ1) is 16.8. The van der Waals surface area contributed by atoms with Gasteiger partial charge in [0.25, 0.3) is 0 Å². The summed E-state index contributed by atoms with van der Waals surface area (Å²) in [6.45, 7) is 0.154. The molecular weight excluding hydrogens is 338 g/mol. The van der Waals surface area contributed by atoms with Crippen molar-refractivity contribution in [3.05, 3.63) is 96.4 Å². The van der Waals surface area contributed by atoms with E-state index in [2.05, 4.69) is 0 Å². The van der Waals surface area contributed by atoms with Gasteiger partial charge in [0, 0.05) is 30.6 Å². The quantitative estimate of drug-likeness (QED) is 0.502. The molecule has 0 N–H and O–H groups in total. The third kappa shape index (κ3) is 3.53. The molecule has 0 fully saturated rings. The van der Waals surface area contributed by atoms with E-state index < -0.39 is 0 Å². The minimum atomic E-state index is -0.353. The molecule has 2 heterocycles. The van der Waals surface area contributed by atoms with E-state index in [9.17, 15) is 4.79 Å². The zero-order chi connectivity index (χ0) is 18.6. The summed E-state index contributed by atoms with van der Waals surface area (Å²) in [7, 11) is 1.82. The van der Waals surface area contributed by atoms with E-state index >= 15 is 0 Å². The molecular formula is C22H19N3O2. The Bertz CT molecular complexity index is 1050. The molecule has 2 aromatic carbocycles. The molecule has 0 unspecified atom stereocenters. The fourth-order valence-corrected chi connectivity index (χ4v) is 2.96. The van der Waals surface area contributed by atoms with Crippen LogP contribution in [-0.2, 0) is 18.4 Å². The van der Waals surface area contributed by atoms with Crippen LogP contribution in [0.25, 0.3) is 16.9 Å². The van der Waals surface area contributed by atoms with Gasteiger partial charge in [0.1, 0.15) is 12.3 Å². The molecule has 134 valence electrons. The fraction of sp³-hybridized carbons (Fsp3) is 0.0909. The fourth-order valence-electron chi connectivity index (χ4n) is 2.96. The predicted octanol–water partition coefficient (Wildman–Crippen LogP) is 4.23. The first-order valence-corrected chi connectivity index (χ1v) is 8.70. The summed E-state index contributed by atoms with van der Waals surface area (Å²) in [4.78, 5) is 12.4. The Morgan fingerprint density at radius 3 is 2.33 bits per heavy atom. The van der Waals surface area contributed by atoms with Gasteiger partial charge in [0.15, 0.2) is 0 Å². The van der Waals surface area contributed by atoms with Crippen molar-refractivity contribution in [3.8, 4) is 16.9 Å². The monoisotopic (exact) mass is 357 g/mol. The minimum absolute atomic E-state index is 0.154. The Balaban J connectivity index is 1.65. The smallest absolute Gasteiger partial charge is 0.355 e. The highest BCUT2D eigenvalue weighted by atomic mass is 16.5. The lowest BCUT2D eigenvalue weighted by atomic mass is 10.1. The van der Waals surface area contributed by atoms with Crippen LogP contribution in [0, 0.1) is 0 Å². The van der Waals surface area contributed by atoms with Crippen LogP contribution in [0.2, 0.25) is 0 Å². The third-order valence-corrected chi connectivity index (χ3v) is 4.37. The van der Waals surface area contributed by atoms with Crippen molar-refractivity contribution in [2.75, 3.05) is 0 Å². The lowest BCUT2D eigenvalue weighted by molar-refractivity contribution is 0.0462. The number of aromatic nitrogens is 3. The highest BCUT2D eigenvalue weighted by molar-refractivity contribution is 5.87. The van der Waals surface area contributed by atoms with E-state index in [4.69, 9.17) is 9.84 Å². The van der Waals surface area contributed by atoms with Gasteiger partial charge in [-0.05, 0) is 24.3 Å². The van der Waals surface area contributed by atoms with Gasteiger partial charge < -0.3 is 9.30 Å². The number of nitrogens with zero attached hydrogens (tertiary/aromatic N) is 3. The molecule has 0 saturated carbocycles. The summed E-state index contributed by atoms with van der Waals surface area (Å²) < 4.78 is 9.11. The maximum atomic E-state index is 12.4. The van der Waals surface area contributed by atoms with Crippen LogP contribution in [-0.4, -0.2) is 20.3 Å². The number of esters is 1. The van der Waals surface area contributed by atoms with Crippen molar-refractivity contribution in [1.29, 1.82) is 0 Å². The number of aryl methyl sites for hydroxylation is 1. The highest BCUT2D eigenvalue weighted by Crippen LogP contribution is 2.24. The predicted molar refractivity (Wildman–Crippen MR) is 104 cm³/mol. The molecule has 0 aliphatic rings. The van der Waals surface area contributed by atoms with Gasteiger partial charge in [0.05, 0.1) is 11.4 Å². The molecule has 0 amide bonds. The number of hydrogen-bond donors (Lipinski definition) is 0. The molecule has 0 aliphatic carbocycles. The summed E-state index contributed by atoms with van der Waals surface area (Å²) in [5, 5.41) is 4.73. The van der Waals surface area contributed by atoms with E-state index in [0.29, 0.717) is 5.69 Å². The second-order valence-electron chi connectivity index (χ2n) is 6.23. The van der Waals surface area contributed by atoms with Crippen LogP contribution >= 0.6 is 0 Å². The number of para-hydroxylation sites is 1. The molecule has 5 nitrogen and oxygen atoms in total. The largest absolute Gasteiger partial charge is 0.456 e. The van der Waals surface area contributed by atoms with Gasteiger partial charge in [-0.15, -0.1) is 0 Å². The van der Waals surface area contributed by atoms with Crippen LogP contribution in [0.3, 0.4) is 0 Å². The van der Waals surface area contributed by atoms with Crippen molar-refractivity contribution in [3.63, 3.8) is 0 Å². The zero-order valence-electron chi connectivity index (χ0n) is 14.9. The molecule has 4 rings (SSSR count). The summed E-state index contributed by atoms with van der Waals surface area (Å²) in [5.74, 6) is -0.353. The number of carbonyl (C=O) groups is 1. The normalized spacial score (nSPS) is 10.7. The van der Waals surface area contributed by atoms with Crippen molar-refractivity contribution in [1.82, 2.24) is 14.3 Å². The number of ether oxygens (including phenoxy) is 1. The van der Waals surface area contributed by atoms with E-state index in [1.165, 1.54) is 0 Å². The Morgan fingerprint density at radius 2 is 1.67 bits per heavy atom. The Kier molecular flexibility index (Phi) is 4.58. The standard InChI is InChI=1S/C22H19N3O2/c1-24-14-8-13-20(24)22(26)27-16-18-15-25(19-11-6-3-7-12-19)23-21(18)17-9-4-2-5-10-17/h2-15H,16H2,1H3. The van der Waals surface area contributed by atoms with Crippen molar-refractivity contribution < 1.29 is 9.53 Å². The molecule has 4 aromatic rings. The molecule has 0 bridgehead atoms. The topological polar surface area (TPSA) is 49.0 Å². The van der Waals surface area contributed by atoms with Crippen LogP contribution in [0.15, 0.2) is 85.2 Å². The van der Waals surface area contributed by atoms with Gasteiger partial charge in [0.2, 0.25) is 0 Å². The molecule has 5 heteroatoms. The number of rotatable bonds is 5. The molecule has 0 aliphatic heterocycles. The second kappa shape index (κ2) is 7.33. The number of hydrogen-bond acceptors (Lipinski definition) is 3. The van der Waals surface area contributed by atoms with E-state index in [-0.39, 0.29) is 12.6 Å². The minimum Gasteiger partial charge on any atom is -0.456 e. The second-order valence-corrected chi connectivity index (χ2v) is 6.23. The molecule has 0 spiro atoms. The van der Waals surface area contributed by atoms with Gasteiger partial charge in [-0.25, -0.2) is 9.48 Å². The highest BCUT2D eigenvalue weighted by Gasteiger charge is 2.16. The van der Waals surface area contributed by atoms with Crippen molar-refractivity contribution in [2.24, 2.45) is 7.05 Å². The van der Waals surface area contributed by atoms with Gasteiger partial charge in [-0.2, -0.15) is 5.10 Å². The van der Waals surface area contributed by atoms with Crippen LogP contribution < -0.4 is 0 Å². The Hall–Kier alpha value is -3.60. The zero-order valence-corrected chi connectivity index (χ0v) is 14.9. The number of benzene rings is 2. The molecule has 27 heavy (non-hydrogen) atoms. The summed E-state index contributed by atoms with van der Waals surface area (Å²) >= 11 is 0. The lowest BCUT2D eigenvalue weighted by Crippen LogP contribution is -2.09. The van der Waals surface area contributed by atoms with Crippen molar-refractivity contribution in [2.45, 2.75) is 6.61 Å². The maximum Gasteiger partial charge on any atom is 0.355 e. The molecule has 2 aromatic heterocycles. The maximum absolute atomic E-state index is 12.4. The molecule has 0 atom stereocenters. The number of carbonyl (C=O) groups excluding carboxylic acids is 1. The van der Waals surface area contributed by atoms with E-state index in [1.54, 1.807) is 10.6 Å². The summed E-state index contributed by atoms with van der Waals surface area (Å²) in [6.07, 6.45) is 3.73. The first-order valence-electron chi connectivity index (χ1n) is 8.70. The van der Waals surface area contributed by atoms with Crippen LogP contribution in [0.5, 0.6) is 0 Å². The third-order valence-electron chi connectivity index (χ3n) is 4.37. The van der Waals surface area contributed by atoms with Gasteiger partial charge in [-0.1, -0.05) is 48.5 Å². The Morgan fingerprint density at radius 1 is 0.963 bits per heavy atom. The van der Waals surface area contributed by atoms with E-state index in [0.717, 1.165) is 22.5 Å². The van der Waals surface area contributed by atoms with Crippen LogP contribution in [0.1, 0.15) is 16.1 Å². The van der Waals surface area contributed by atoms with Crippen molar-refractivity contribution >= 4 is 5.97 Å². The first-order chi connectivity index (χ1) is 13.2. The summed E-state index contributed by atoms with van der Waals surface area (Å²) in [6, 6.07) is 23.3. The Labute approximate surface area is 157 Å². The SMILES string of the molecule is Cn1cccc1C(=O)OCc1cn(-c2ccccc2)nc1-c1ccccc1. The van der Waals surface area contributed by atoms with E-state index in [1.807, 2.05) is 90.9 Å². The molecule has 0 saturated heterocycles. The average Bonchev–Trinajstić information content (AvgIpc) is 3.34. The average molecular weight is 357 g/mol. The van der Waals surface area contributed by atoms with Crippen LogP contribution in [0.4, 0.5) is 0 Å². The van der Waals surface area contributed by atoms with Gasteiger partial charge >= 0.3 is 5.97 Å².